The summed E-state index contributed by atoms with van der Waals surface area (Å²) in [6.45, 7) is 2.21. The summed E-state index contributed by atoms with van der Waals surface area (Å²) in [7, 11) is 0. The van der Waals surface area contributed by atoms with Crippen LogP contribution in [0.2, 0.25) is 0 Å². The molecule has 1 aromatic carbocycles. The van der Waals surface area contributed by atoms with E-state index in [0.717, 1.165) is 38.0 Å². The second-order valence-electron chi connectivity index (χ2n) is 7.53. The third-order valence-electron chi connectivity index (χ3n) is 5.45. The molecule has 1 aliphatic rings. The number of aromatic nitrogens is 2. The van der Waals surface area contributed by atoms with Crippen molar-refractivity contribution in [3.63, 3.8) is 0 Å². The predicted molar refractivity (Wildman–Crippen MR) is 115 cm³/mol. The Labute approximate surface area is 171 Å². The molecule has 1 amide bonds. The van der Waals surface area contributed by atoms with Crippen molar-refractivity contribution in [3.05, 3.63) is 89.9 Å². The number of carbonyl (C=O) groups excluding carboxylic acids is 1. The number of hydrogen-bond acceptors (Lipinski definition) is 4. The molecule has 0 aliphatic carbocycles. The van der Waals surface area contributed by atoms with E-state index in [-0.39, 0.29) is 5.91 Å². The second kappa shape index (κ2) is 9.32. The number of rotatable bonds is 6. The minimum absolute atomic E-state index is 0.0893. The van der Waals surface area contributed by atoms with Gasteiger partial charge in [0.15, 0.2) is 0 Å². The molecule has 0 atom stereocenters. The summed E-state index contributed by atoms with van der Waals surface area (Å²) >= 11 is 0. The lowest BCUT2D eigenvalue weighted by atomic mass is 9.90. The zero-order valence-corrected chi connectivity index (χ0v) is 16.5. The Morgan fingerprint density at radius 3 is 2.52 bits per heavy atom. The van der Waals surface area contributed by atoms with E-state index >= 15 is 0 Å². The molecular weight excluding hydrogens is 360 g/mol. The molecule has 2 aromatic heterocycles. The van der Waals surface area contributed by atoms with E-state index in [4.69, 9.17) is 0 Å². The summed E-state index contributed by atoms with van der Waals surface area (Å²) in [5, 5.41) is 3.25. The lowest BCUT2D eigenvalue weighted by molar-refractivity contribution is 0.0690. The van der Waals surface area contributed by atoms with Crippen LogP contribution in [0.25, 0.3) is 0 Å². The van der Waals surface area contributed by atoms with Crippen LogP contribution in [0, 0.1) is 5.92 Å². The van der Waals surface area contributed by atoms with Crippen LogP contribution in [0.5, 0.6) is 0 Å². The third kappa shape index (κ3) is 5.19. The van der Waals surface area contributed by atoms with E-state index in [0.29, 0.717) is 23.8 Å². The van der Waals surface area contributed by atoms with Crippen molar-refractivity contribution in [1.82, 2.24) is 14.9 Å². The molecule has 4 rings (SSSR count). The molecule has 5 nitrogen and oxygen atoms in total. The molecule has 1 saturated heterocycles. The molecule has 0 unspecified atom stereocenters. The molecule has 29 heavy (non-hydrogen) atoms. The zero-order chi connectivity index (χ0) is 19.9. The fourth-order valence-electron chi connectivity index (χ4n) is 3.81. The molecule has 0 saturated carbocycles. The zero-order valence-electron chi connectivity index (χ0n) is 16.5. The second-order valence-corrected chi connectivity index (χ2v) is 7.53. The van der Waals surface area contributed by atoms with Gasteiger partial charge in [0.2, 0.25) is 0 Å². The number of amides is 1. The van der Waals surface area contributed by atoms with Crippen LogP contribution in [-0.4, -0.2) is 33.9 Å². The topological polar surface area (TPSA) is 58.1 Å². The van der Waals surface area contributed by atoms with Gasteiger partial charge in [-0.1, -0.05) is 36.4 Å². The number of hydrogen-bond donors (Lipinski definition) is 1. The van der Waals surface area contributed by atoms with Gasteiger partial charge in [0.05, 0.1) is 12.2 Å². The normalized spacial score (nSPS) is 14.6. The van der Waals surface area contributed by atoms with Crippen LogP contribution in [0.15, 0.2) is 73.1 Å². The van der Waals surface area contributed by atoms with Gasteiger partial charge in [-0.05, 0) is 55.0 Å². The van der Waals surface area contributed by atoms with Gasteiger partial charge >= 0.3 is 0 Å². The van der Waals surface area contributed by atoms with Crippen LogP contribution in [-0.2, 0) is 13.0 Å². The molecule has 3 aromatic rings. The van der Waals surface area contributed by atoms with Gasteiger partial charge in [-0.2, -0.15) is 0 Å². The van der Waals surface area contributed by atoms with Crippen molar-refractivity contribution in [1.29, 1.82) is 0 Å². The van der Waals surface area contributed by atoms with Crippen molar-refractivity contribution in [3.8, 4) is 0 Å². The first-order chi connectivity index (χ1) is 14.3. The van der Waals surface area contributed by atoms with E-state index < -0.39 is 0 Å². The first-order valence-corrected chi connectivity index (χ1v) is 10.2. The summed E-state index contributed by atoms with van der Waals surface area (Å²) in [6.07, 6.45) is 6.66. The van der Waals surface area contributed by atoms with Crippen molar-refractivity contribution < 1.29 is 4.79 Å². The lowest BCUT2D eigenvalue weighted by Gasteiger charge is -2.32. The molecule has 0 bridgehead atoms. The third-order valence-corrected chi connectivity index (χ3v) is 5.45. The summed E-state index contributed by atoms with van der Waals surface area (Å²) < 4.78 is 0. The van der Waals surface area contributed by atoms with Crippen molar-refractivity contribution in [2.75, 3.05) is 18.4 Å². The van der Waals surface area contributed by atoms with E-state index in [9.17, 15) is 4.79 Å². The maximum absolute atomic E-state index is 12.9. The lowest BCUT2D eigenvalue weighted by Crippen LogP contribution is -2.39. The molecule has 1 aliphatic heterocycles. The Morgan fingerprint density at radius 1 is 0.966 bits per heavy atom. The molecule has 1 N–H and O–H groups in total. The number of likely N-dealkylation sites (tertiary alicyclic amines) is 1. The Balaban J connectivity index is 1.31. The summed E-state index contributed by atoms with van der Waals surface area (Å²) in [5.74, 6) is 1.43. The molecule has 0 radical (unpaired) electrons. The number of nitrogens with one attached hydrogen (secondary N) is 1. The van der Waals surface area contributed by atoms with Crippen LogP contribution >= 0.6 is 0 Å². The standard InChI is InChI=1S/C24H26N4O/c29-24(28-14-10-20(11-15-28)16-19-6-2-1-3-7-19)21-9-13-26-23(17-21)27-18-22-8-4-5-12-25-22/h1-9,12-13,17,20H,10-11,14-16,18H2,(H,26,27). The molecule has 5 heteroatoms. The molecule has 1 fully saturated rings. The van der Waals surface area contributed by atoms with Gasteiger partial charge in [0.1, 0.15) is 5.82 Å². The number of pyridine rings is 2. The quantitative estimate of drug-likeness (QED) is 0.690. The Kier molecular flexibility index (Phi) is 6.15. The summed E-state index contributed by atoms with van der Waals surface area (Å²) in [6, 6.07) is 20.1. The van der Waals surface area contributed by atoms with Crippen molar-refractivity contribution in [2.24, 2.45) is 5.92 Å². The molecule has 0 spiro atoms. The minimum Gasteiger partial charge on any atom is -0.364 e. The fraction of sp³-hybridized carbons (Fsp3) is 0.292. The van der Waals surface area contributed by atoms with E-state index in [2.05, 4.69) is 45.6 Å². The van der Waals surface area contributed by atoms with E-state index in [1.54, 1.807) is 18.5 Å². The van der Waals surface area contributed by atoms with Crippen LogP contribution in [0.3, 0.4) is 0 Å². The highest BCUT2D eigenvalue weighted by molar-refractivity contribution is 5.94. The van der Waals surface area contributed by atoms with Gasteiger partial charge in [0, 0.05) is 31.0 Å². The first kappa shape index (κ1) is 19.1. The fourth-order valence-corrected chi connectivity index (χ4v) is 3.81. The average molecular weight is 386 g/mol. The van der Waals surface area contributed by atoms with Crippen LogP contribution in [0.4, 0.5) is 5.82 Å². The van der Waals surface area contributed by atoms with E-state index in [1.807, 2.05) is 29.2 Å². The SMILES string of the molecule is O=C(c1ccnc(NCc2ccccn2)c1)N1CCC(Cc2ccccc2)CC1. The van der Waals surface area contributed by atoms with Gasteiger partial charge in [-0.25, -0.2) is 4.98 Å². The number of nitrogens with zero attached hydrogens (tertiary/aromatic N) is 3. The number of piperidine rings is 1. The largest absolute Gasteiger partial charge is 0.364 e. The Bertz CT molecular complexity index is 922. The predicted octanol–water partition coefficient (Wildman–Crippen LogP) is 4.18. The monoisotopic (exact) mass is 386 g/mol. The molecule has 3 heterocycles. The van der Waals surface area contributed by atoms with Gasteiger partial charge < -0.3 is 10.2 Å². The van der Waals surface area contributed by atoms with Gasteiger partial charge in [0.25, 0.3) is 5.91 Å². The van der Waals surface area contributed by atoms with Crippen LogP contribution in [0.1, 0.15) is 34.5 Å². The highest BCUT2D eigenvalue weighted by Crippen LogP contribution is 2.23. The average Bonchev–Trinajstić information content (AvgIpc) is 2.79. The van der Waals surface area contributed by atoms with E-state index in [1.165, 1.54) is 5.56 Å². The number of carbonyl (C=O) groups is 1. The summed E-state index contributed by atoms with van der Waals surface area (Å²) in [4.78, 5) is 23.5. The Hall–Kier alpha value is -3.21. The van der Waals surface area contributed by atoms with Crippen molar-refractivity contribution in [2.45, 2.75) is 25.8 Å². The number of benzene rings is 1. The maximum Gasteiger partial charge on any atom is 0.254 e. The van der Waals surface area contributed by atoms with Crippen molar-refractivity contribution >= 4 is 11.7 Å². The minimum atomic E-state index is 0.0893. The number of anilines is 1. The van der Waals surface area contributed by atoms with Gasteiger partial charge in [-0.15, -0.1) is 0 Å². The van der Waals surface area contributed by atoms with Gasteiger partial charge in [-0.3, -0.25) is 9.78 Å². The Morgan fingerprint density at radius 2 is 1.76 bits per heavy atom. The smallest absolute Gasteiger partial charge is 0.254 e. The highest BCUT2D eigenvalue weighted by Gasteiger charge is 2.24. The summed E-state index contributed by atoms with van der Waals surface area (Å²) in [5.41, 5.74) is 3.01. The molecular formula is C24H26N4O. The van der Waals surface area contributed by atoms with Crippen LogP contribution < -0.4 is 5.32 Å². The maximum atomic E-state index is 12.9. The molecule has 148 valence electrons. The first-order valence-electron chi connectivity index (χ1n) is 10.2. The highest BCUT2D eigenvalue weighted by atomic mass is 16.2.